The number of alkyl halides is 2. The minimum absolute atomic E-state index is 0.0450. The second kappa shape index (κ2) is 7.52. The Labute approximate surface area is 117 Å². The summed E-state index contributed by atoms with van der Waals surface area (Å²) in [7, 11) is 0. The average molecular weight is 286 g/mol. The summed E-state index contributed by atoms with van der Waals surface area (Å²) >= 11 is 0. The van der Waals surface area contributed by atoms with Gasteiger partial charge in [-0.3, -0.25) is 4.90 Å². The molecule has 1 aliphatic rings. The highest BCUT2D eigenvalue weighted by Crippen LogP contribution is 2.27. The number of nitrogens with two attached hydrogens (primary N) is 1. The van der Waals surface area contributed by atoms with Gasteiger partial charge in [-0.15, -0.1) is 0 Å². The number of halogens is 2. The molecule has 4 nitrogen and oxygen atoms in total. The maximum Gasteiger partial charge on any atom is 0.264 e. The van der Waals surface area contributed by atoms with Crippen molar-refractivity contribution in [2.45, 2.75) is 13.0 Å². The van der Waals surface area contributed by atoms with E-state index in [0.717, 1.165) is 32.8 Å². The van der Waals surface area contributed by atoms with Crippen LogP contribution in [0.15, 0.2) is 18.2 Å². The molecule has 0 atom stereocenters. The van der Waals surface area contributed by atoms with Crippen molar-refractivity contribution >= 4 is 0 Å². The third-order valence-electron chi connectivity index (χ3n) is 3.35. The molecular formula is C14H20F2N2O2. The molecule has 0 unspecified atom stereocenters. The third-order valence-corrected chi connectivity index (χ3v) is 3.35. The predicted octanol–water partition coefficient (Wildman–Crippen LogP) is 1.79. The van der Waals surface area contributed by atoms with Crippen LogP contribution in [0.3, 0.4) is 0 Å². The molecule has 2 N–H and O–H groups in total. The standard InChI is InChI=1S/C14H20F2N2O2/c15-14(16)13-9-12(2-1-11(13)10-17)20-8-5-18-3-6-19-7-4-18/h1-2,9,14H,3-8,10,17H2. The fraction of sp³-hybridized carbons (Fsp3) is 0.571. The highest BCUT2D eigenvalue weighted by molar-refractivity contribution is 5.36. The molecule has 1 fully saturated rings. The van der Waals surface area contributed by atoms with E-state index >= 15 is 0 Å². The van der Waals surface area contributed by atoms with Crippen LogP contribution in [0, 0.1) is 0 Å². The zero-order valence-electron chi connectivity index (χ0n) is 11.4. The first-order chi connectivity index (χ1) is 9.70. The molecule has 6 heteroatoms. The van der Waals surface area contributed by atoms with Crippen molar-refractivity contribution in [1.82, 2.24) is 4.90 Å². The number of hydrogen-bond donors (Lipinski definition) is 1. The molecule has 0 aliphatic carbocycles. The topological polar surface area (TPSA) is 47.7 Å². The fourth-order valence-electron chi connectivity index (χ4n) is 2.17. The van der Waals surface area contributed by atoms with Gasteiger partial charge in [0.05, 0.1) is 13.2 Å². The van der Waals surface area contributed by atoms with Crippen LogP contribution in [-0.2, 0) is 11.3 Å². The molecule has 20 heavy (non-hydrogen) atoms. The quantitative estimate of drug-likeness (QED) is 0.866. The number of hydrogen-bond acceptors (Lipinski definition) is 4. The van der Waals surface area contributed by atoms with Crippen molar-refractivity contribution in [3.8, 4) is 5.75 Å². The van der Waals surface area contributed by atoms with Crippen molar-refractivity contribution in [2.24, 2.45) is 5.73 Å². The normalized spacial score (nSPS) is 16.6. The number of morpholine rings is 1. The minimum atomic E-state index is -2.53. The van der Waals surface area contributed by atoms with Crippen molar-refractivity contribution in [3.63, 3.8) is 0 Å². The molecule has 1 saturated heterocycles. The zero-order valence-corrected chi connectivity index (χ0v) is 11.4. The summed E-state index contributed by atoms with van der Waals surface area (Å²) in [6.07, 6.45) is -2.53. The second-order valence-electron chi connectivity index (χ2n) is 4.67. The van der Waals surface area contributed by atoms with Gasteiger partial charge in [-0.1, -0.05) is 6.07 Å². The summed E-state index contributed by atoms with van der Waals surface area (Å²) in [6.45, 7) is 4.60. The maximum atomic E-state index is 12.9. The van der Waals surface area contributed by atoms with Crippen molar-refractivity contribution in [1.29, 1.82) is 0 Å². The van der Waals surface area contributed by atoms with Crippen LogP contribution in [0.1, 0.15) is 17.6 Å². The Hall–Kier alpha value is -1.24. The third kappa shape index (κ3) is 4.13. The van der Waals surface area contributed by atoms with E-state index < -0.39 is 6.43 Å². The molecule has 0 aromatic heterocycles. The van der Waals surface area contributed by atoms with Crippen LogP contribution in [0.25, 0.3) is 0 Å². The van der Waals surface area contributed by atoms with Crippen LogP contribution in [0.4, 0.5) is 8.78 Å². The molecule has 1 heterocycles. The Balaban J connectivity index is 1.87. The second-order valence-corrected chi connectivity index (χ2v) is 4.67. The van der Waals surface area contributed by atoms with Gasteiger partial charge in [0.25, 0.3) is 6.43 Å². The van der Waals surface area contributed by atoms with Crippen molar-refractivity contribution in [3.05, 3.63) is 29.3 Å². The summed E-state index contributed by atoms with van der Waals surface area (Å²) < 4.78 is 36.5. The summed E-state index contributed by atoms with van der Waals surface area (Å²) in [4.78, 5) is 2.23. The number of ether oxygens (including phenoxy) is 2. The van der Waals surface area contributed by atoms with E-state index in [1.807, 2.05) is 0 Å². The lowest BCUT2D eigenvalue weighted by atomic mass is 10.1. The van der Waals surface area contributed by atoms with Crippen LogP contribution < -0.4 is 10.5 Å². The van der Waals surface area contributed by atoms with Gasteiger partial charge in [0.2, 0.25) is 0 Å². The lowest BCUT2D eigenvalue weighted by molar-refractivity contribution is 0.0322. The van der Waals surface area contributed by atoms with Gasteiger partial charge in [0.15, 0.2) is 0 Å². The molecule has 1 aromatic rings. The summed E-state index contributed by atoms with van der Waals surface area (Å²) in [5.41, 5.74) is 5.86. The van der Waals surface area contributed by atoms with E-state index in [1.165, 1.54) is 6.07 Å². The van der Waals surface area contributed by atoms with Crippen molar-refractivity contribution in [2.75, 3.05) is 39.5 Å². The Morgan fingerprint density at radius 3 is 2.70 bits per heavy atom. The maximum absolute atomic E-state index is 12.9. The smallest absolute Gasteiger partial charge is 0.264 e. The van der Waals surface area contributed by atoms with Gasteiger partial charge in [-0.2, -0.15) is 0 Å². The fourth-order valence-corrected chi connectivity index (χ4v) is 2.17. The first-order valence-electron chi connectivity index (χ1n) is 6.74. The highest BCUT2D eigenvalue weighted by atomic mass is 19.3. The Kier molecular flexibility index (Phi) is 5.70. The van der Waals surface area contributed by atoms with Gasteiger partial charge < -0.3 is 15.2 Å². The van der Waals surface area contributed by atoms with Gasteiger partial charge in [-0.05, 0) is 17.7 Å². The Bertz CT molecular complexity index is 424. The van der Waals surface area contributed by atoms with Gasteiger partial charge in [-0.25, -0.2) is 8.78 Å². The monoisotopic (exact) mass is 286 g/mol. The van der Waals surface area contributed by atoms with E-state index in [-0.39, 0.29) is 12.1 Å². The van der Waals surface area contributed by atoms with Gasteiger partial charge >= 0.3 is 0 Å². The zero-order chi connectivity index (χ0) is 14.4. The highest BCUT2D eigenvalue weighted by Gasteiger charge is 2.14. The van der Waals surface area contributed by atoms with Crippen molar-refractivity contribution < 1.29 is 18.3 Å². The van der Waals surface area contributed by atoms with E-state index in [9.17, 15) is 8.78 Å². The van der Waals surface area contributed by atoms with Crippen LogP contribution in [0.5, 0.6) is 5.75 Å². The molecule has 0 bridgehead atoms. The molecule has 0 radical (unpaired) electrons. The first-order valence-corrected chi connectivity index (χ1v) is 6.74. The average Bonchev–Trinajstić information content (AvgIpc) is 2.48. The SMILES string of the molecule is NCc1ccc(OCCN2CCOCC2)cc1C(F)F. The van der Waals surface area contributed by atoms with Crippen LogP contribution in [0.2, 0.25) is 0 Å². The molecule has 1 aliphatic heterocycles. The first kappa shape index (κ1) is 15.2. The molecule has 2 rings (SSSR count). The lowest BCUT2D eigenvalue weighted by Crippen LogP contribution is -2.38. The van der Waals surface area contributed by atoms with Gasteiger partial charge in [0, 0.05) is 31.7 Å². The molecular weight excluding hydrogens is 266 g/mol. The lowest BCUT2D eigenvalue weighted by Gasteiger charge is -2.26. The number of rotatable bonds is 6. The summed E-state index contributed by atoms with van der Waals surface area (Å²) in [5, 5.41) is 0. The van der Waals surface area contributed by atoms with E-state index in [4.69, 9.17) is 15.2 Å². The summed E-state index contributed by atoms with van der Waals surface area (Å²) in [5.74, 6) is 0.464. The molecule has 0 saturated carbocycles. The summed E-state index contributed by atoms with van der Waals surface area (Å²) in [6, 6.07) is 4.67. The molecule has 0 spiro atoms. The number of nitrogens with zero attached hydrogens (tertiary/aromatic N) is 1. The molecule has 0 amide bonds. The Morgan fingerprint density at radius 1 is 1.30 bits per heavy atom. The Morgan fingerprint density at radius 2 is 2.05 bits per heavy atom. The molecule has 112 valence electrons. The van der Waals surface area contributed by atoms with Crippen LogP contribution in [-0.4, -0.2) is 44.4 Å². The van der Waals surface area contributed by atoms with E-state index in [2.05, 4.69) is 4.90 Å². The van der Waals surface area contributed by atoms with Crippen LogP contribution >= 0.6 is 0 Å². The number of benzene rings is 1. The van der Waals surface area contributed by atoms with Gasteiger partial charge in [0.1, 0.15) is 12.4 Å². The minimum Gasteiger partial charge on any atom is -0.492 e. The van der Waals surface area contributed by atoms with E-state index in [1.54, 1.807) is 12.1 Å². The molecule has 1 aromatic carbocycles. The van der Waals surface area contributed by atoms with E-state index in [0.29, 0.717) is 17.9 Å². The largest absolute Gasteiger partial charge is 0.492 e. The predicted molar refractivity (Wildman–Crippen MR) is 72.0 cm³/mol.